The Labute approximate surface area is 113 Å². The largest absolute Gasteiger partial charge is 0.360 e. The first-order chi connectivity index (χ1) is 9.61. The van der Waals surface area contributed by atoms with E-state index in [1.165, 1.54) is 24.4 Å². The van der Waals surface area contributed by atoms with Crippen LogP contribution < -0.4 is 5.32 Å². The minimum absolute atomic E-state index is 0.0155. The van der Waals surface area contributed by atoms with Crippen molar-refractivity contribution in [1.29, 1.82) is 5.26 Å². The van der Waals surface area contributed by atoms with Gasteiger partial charge in [0.25, 0.3) is 0 Å². The molecule has 0 fully saturated rings. The Morgan fingerprint density at radius 3 is 2.90 bits per heavy atom. The summed E-state index contributed by atoms with van der Waals surface area (Å²) in [5, 5.41) is 22.6. The van der Waals surface area contributed by atoms with E-state index in [1.54, 1.807) is 18.2 Å². The van der Waals surface area contributed by atoms with E-state index in [1.807, 2.05) is 0 Å². The summed E-state index contributed by atoms with van der Waals surface area (Å²) >= 11 is 0. The minimum atomic E-state index is -0.667. The van der Waals surface area contributed by atoms with Gasteiger partial charge in [-0.25, -0.2) is 9.37 Å². The van der Waals surface area contributed by atoms with Crippen molar-refractivity contribution in [3.8, 4) is 6.07 Å². The number of benzene rings is 1. The van der Waals surface area contributed by atoms with Crippen molar-refractivity contribution in [2.45, 2.75) is 6.54 Å². The highest BCUT2D eigenvalue weighted by molar-refractivity contribution is 5.64. The molecule has 0 bridgehead atoms. The van der Waals surface area contributed by atoms with Gasteiger partial charge in [-0.2, -0.15) is 5.26 Å². The van der Waals surface area contributed by atoms with Crippen molar-refractivity contribution < 1.29 is 9.31 Å². The highest BCUT2D eigenvalue weighted by Gasteiger charge is 2.20. The first-order valence-electron chi connectivity index (χ1n) is 5.63. The van der Waals surface area contributed by atoms with Gasteiger partial charge in [0.1, 0.15) is 17.4 Å². The molecular weight excluding hydrogens is 263 g/mol. The molecule has 6 nitrogen and oxygen atoms in total. The van der Waals surface area contributed by atoms with Crippen LogP contribution in [-0.2, 0) is 6.54 Å². The van der Waals surface area contributed by atoms with E-state index in [0.29, 0.717) is 5.56 Å². The molecule has 2 rings (SSSR count). The number of nitrogens with zero attached hydrogens (tertiary/aromatic N) is 3. The van der Waals surface area contributed by atoms with Crippen molar-refractivity contribution in [2.24, 2.45) is 0 Å². The molecule has 0 spiro atoms. The van der Waals surface area contributed by atoms with E-state index in [4.69, 9.17) is 5.26 Å². The third-order valence-corrected chi connectivity index (χ3v) is 2.58. The fourth-order valence-electron chi connectivity index (χ4n) is 1.69. The Bertz CT molecular complexity index is 697. The van der Waals surface area contributed by atoms with Crippen LogP contribution >= 0.6 is 0 Å². The Balaban J connectivity index is 2.26. The molecule has 0 atom stereocenters. The van der Waals surface area contributed by atoms with E-state index < -0.39 is 10.7 Å². The molecule has 0 saturated heterocycles. The van der Waals surface area contributed by atoms with Crippen LogP contribution in [-0.4, -0.2) is 9.91 Å². The van der Waals surface area contributed by atoms with Gasteiger partial charge in [-0.15, -0.1) is 0 Å². The highest BCUT2D eigenvalue weighted by atomic mass is 19.1. The van der Waals surface area contributed by atoms with Crippen LogP contribution in [0.15, 0.2) is 36.5 Å². The monoisotopic (exact) mass is 272 g/mol. The lowest BCUT2D eigenvalue weighted by atomic mass is 10.2. The third kappa shape index (κ3) is 2.87. The maximum atomic E-state index is 13.0. The van der Waals surface area contributed by atoms with Gasteiger partial charge >= 0.3 is 5.69 Å². The lowest BCUT2D eigenvalue weighted by Gasteiger charge is -2.06. The molecule has 0 amide bonds. The van der Waals surface area contributed by atoms with Crippen LogP contribution in [0.1, 0.15) is 11.1 Å². The SMILES string of the molecule is N#Cc1ccnc(NCc2cccc(F)c2)c1[N+](=O)[O-]. The number of nitrogens with one attached hydrogen (secondary N) is 1. The quantitative estimate of drug-likeness (QED) is 0.682. The topological polar surface area (TPSA) is 91.8 Å². The van der Waals surface area contributed by atoms with Gasteiger partial charge < -0.3 is 5.32 Å². The standard InChI is InChI=1S/C13H9FN4O2/c14-11-3-1-2-9(6-11)8-17-13-12(18(19)20)10(7-15)4-5-16-13/h1-6H,8H2,(H,16,17). The second kappa shape index (κ2) is 5.75. The van der Waals surface area contributed by atoms with Crippen molar-refractivity contribution >= 4 is 11.5 Å². The molecule has 2 aromatic rings. The van der Waals surface area contributed by atoms with Crippen LogP contribution in [0.3, 0.4) is 0 Å². The first kappa shape index (κ1) is 13.4. The van der Waals surface area contributed by atoms with Crippen molar-refractivity contribution in [1.82, 2.24) is 4.98 Å². The number of hydrogen-bond acceptors (Lipinski definition) is 5. The molecule has 0 saturated carbocycles. The second-order valence-corrected chi connectivity index (χ2v) is 3.91. The molecule has 100 valence electrons. The summed E-state index contributed by atoms with van der Waals surface area (Å²) in [6.07, 6.45) is 1.31. The maximum absolute atomic E-state index is 13.0. The summed E-state index contributed by atoms with van der Waals surface area (Å²) in [7, 11) is 0. The van der Waals surface area contributed by atoms with Gasteiger partial charge in [0.05, 0.1) is 4.92 Å². The second-order valence-electron chi connectivity index (χ2n) is 3.91. The molecule has 0 aliphatic carbocycles. The van der Waals surface area contributed by atoms with E-state index in [-0.39, 0.29) is 23.6 Å². The predicted molar refractivity (Wildman–Crippen MR) is 69.3 cm³/mol. The molecule has 1 aromatic heterocycles. The van der Waals surface area contributed by atoms with Gasteiger partial charge in [-0.1, -0.05) is 12.1 Å². The fourth-order valence-corrected chi connectivity index (χ4v) is 1.69. The average Bonchev–Trinajstić information content (AvgIpc) is 2.44. The number of rotatable bonds is 4. The average molecular weight is 272 g/mol. The van der Waals surface area contributed by atoms with Gasteiger partial charge in [-0.3, -0.25) is 10.1 Å². The molecule has 7 heteroatoms. The van der Waals surface area contributed by atoms with E-state index >= 15 is 0 Å². The van der Waals surface area contributed by atoms with Crippen LogP contribution in [0, 0.1) is 27.3 Å². The molecule has 0 aliphatic rings. The fraction of sp³-hybridized carbons (Fsp3) is 0.0769. The Morgan fingerprint density at radius 1 is 1.45 bits per heavy atom. The van der Waals surface area contributed by atoms with E-state index in [0.717, 1.165) is 0 Å². The number of nitriles is 1. The summed E-state index contributed by atoms with van der Waals surface area (Å²) in [6, 6.07) is 8.85. The third-order valence-electron chi connectivity index (χ3n) is 2.58. The molecular formula is C13H9FN4O2. The van der Waals surface area contributed by atoms with E-state index in [9.17, 15) is 14.5 Å². The first-order valence-corrected chi connectivity index (χ1v) is 5.63. The number of halogens is 1. The lowest BCUT2D eigenvalue weighted by molar-refractivity contribution is -0.384. The molecule has 1 heterocycles. The van der Waals surface area contributed by atoms with Crippen molar-refractivity contribution in [3.05, 3.63) is 63.6 Å². The summed E-state index contributed by atoms with van der Waals surface area (Å²) in [5.74, 6) is -0.407. The number of pyridine rings is 1. The molecule has 1 aromatic carbocycles. The predicted octanol–water partition coefficient (Wildman–Crippen LogP) is 2.61. The number of aromatic nitrogens is 1. The Hall–Kier alpha value is -3.01. The molecule has 0 unspecified atom stereocenters. The summed E-state index contributed by atoms with van der Waals surface area (Å²) in [5.41, 5.74) is 0.154. The van der Waals surface area contributed by atoms with Gasteiger partial charge in [0, 0.05) is 12.7 Å². The maximum Gasteiger partial charge on any atom is 0.328 e. The summed E-state index contributed by atoms with van der Waals surface area (Å²) in [4.78, 5) is 14.2. The molecule has 0 radical (unpaired) electrons. The van der Waals surface area contributed by atoms with E-state index in [2.05, 4.69) is 10.3 Å². The van der Waals surface area contributed by atoms with Crippen LogP contribution in [0.5, 0.6) is 0 Å². The van der Waals surface area contributed by atoms with Crippen molar-refractivity contribution in [3.63, 3.8) is 0 Å². The minimum Gasteiger partial charge on any atom is -0.360 e. The summed E-state index contributed by atoms with van der Waals surface area (Å²) < 4.78 is 13.0. The Morgan fingerprint density at radius 2 is 2.25 bits per heavy atom. The van der Waals surface area contributed by atoms with Crippen LogP contribution in [0.25, 0.3) is 0 Å². The summed E-state index contributed by atoms with van der Waals surface area (Å²) in [6.45, 7) is 0.167. The number of nitro groups is 1. The van der Waals surface area contributed by atoms with Crippen molar-refractivity contribution in [2.75, 3.05) is 5.32 Å². The van der Waals surface area contributed by atoms with Gasteiger partial charge in [0.2, 0.25) is 5.82 Å². The normalized spacial score (nSPS) is 9.80. The highest BCUT2D eigenvalue weighted by Crippen LogP contribution is 2.26. The van der Waals surface area contributed by atoms with Gasteiger partial charge in [0.15, 0.2) is 0 Å². The molecule has 1 N–H and O–H groups in total. The lowest BCUT2D eigenvalue weighted by Crippen LogP contribution is -2.06. The molecule has 0 aliphatic heterocycles. The number of hydrogen-bond donors (Lipinski definition) is 1. The zero-order valence-corrected chi connectivity index (χ0v) is 10.2. The molecule has 20 heavy (non-hydrogen) atoms. The smallest absolute Gasteiger partial charge is 0.328 e. The van der Waals surface area contributed by atoms with Crippen LogP contribution in [0.2, 0.25) is 0 Å². The van der Waals surface area contributed by atoms with Crippen LogP contribution in [0.4, 0.5) is 15.9 Å². The Kier molecular flexibility index (Phi) is 3.86. The zero-order chi connectivity index (χ0) is 14.5. The van der Waals surface area contributed by atoms with Gasteiger partial charge in [-0.05, 0) is 23.8 Å². The number of anilines is 1. The zero-order valence-electron chi connectivity index (χ0n) is 10.2.